The van der Waals surface area contributed by atoms with Gasteiger partial charge in [-0.25, -0.2) is 4.39 Å². The molecule has 0 heterocycles. The molecule has 72 valence electrons. The summed E-state index contributed by atoms with van der Waals surface area (Å²) in [6.07, 6.45) is 0. The van der Waals surface area contributed by atoms with Crippen molar-refractivity contribution in [2.75, 3.05) is 13.7 Å². The summed E-state index contributed by atoms with van der Waals surface area (Å²) >= 11 is 0. The lowest BCUT2D eigenvalue weighted by atomic mass is 10.2. The maximum atomic E-state index is 13.2. The van der Waals surface area contributed by atoms with Crippen LogP contribution in [0.3, 0.4) is 0 Å². The van der Waals surface area contributed by atoms with Crippen LogP contribution in [0.25, 0.3) is 0 Å². The Kier molecular flexibility index (Phi) is 3.71. The number of nitrogens with one attached hydrogen (secondary N) is 1. The van der Waals surface area contributed by atoms with Gasteiger partial charge in [0, 0.05) is 18.2 Å². The van der Waals surface area contributed by atoms with Gasteiger partial charge in [-0.05, 0) is 20.0 Å². The van der Waals surface area contributed by atoms with Crippen LogP contribution in [-0.4, -0.2) is 13.7 Å². The van der Waals surface area contributed by atoms with Crippen LogP contribution in [0, 0.1) is 5.82 Å². The van der Waals surface area contributed by atoms with Crippen molar-refractivity contribution in [3.05, 3.63) is 29.6 Å². The Morgan fingerprint density at radius 2 is 2.23 bits per heavy atom. The minimum absolute atomic E-state index is 0.222. The molecule has 0 unspecified atom stereocenters. The molecule has 1 N–H and O–H groups in total. The molecule has 0 aliphatic rings. The predicted octanol–water partition coefficient (Wildman–Crippen LogP) is 1.94. The molecule has 1 rings (SSSR count). The molecule has 0 atom stereocenters. The van der Waals surface area contributed by atoms with E-state index in [9.17, 15) is 4.39 Å². The van der Waals surface area contributed by atoms with Gasteiger partial charge in [0.2, 0.25) is 0 Å². The number of ether oxygens (including phenoxy) is 1. The van der Waals surface area contributed by atoms with Crippen molar-refractivity contribution in [1.29, 1.82) is 0 Å². The summed E-state index contributed by atoms with van der Waals surface area (Å²) in [7, 11) is 1.79. The summed E-state index contributed by atoms with van der Waals surface area (Å²) in [5, 5.41) is 2.90. The molecule has 0 aliphatic carbocycles. The highest BCUT2D eigenvalue weighted by atomic mass is 19.1. The first-order valence-electron chi connectivity index (χ1n) is 4.33. The van der Waals surface area contributed by atoms with Crippen molar-refractivity contribution < 1.29 is 9.13 Å². The van der Waals surface area contributed by atoms with E-state index in [1.165, 1.54) is 6.07 Å². The zero-order chi connectivity index (χ0) is 9.68. The van der Waals surface area contributed by atoms with Crippen molar-refractivity contribution >= 4 is 0 Å². The highest BCUT2D eigenvalue weighted by molar-refractivity contribution is 5.28. The highest BCUT2D eigenvalue weighted by Crippen LogP contribution is 2.16. The number of rotatable bonds is 4. The molecule has 0 spiro atoms. The molecular weight excluding hydrogens is 169 g/mol. The Hall–Kier alpha value is -1.09. The fraction of sp³-hybridized carbons (Fsp3) is 0.400. The van der Waals surface area contributed by atoms with Gasteiger partial charge in [-0.15, -0.1) is 0 Å². The standard InChI is InChI=1S/C10H14FNO/c1-3-13-9-5-4-8(7-12-2)10(11)6-9/h4-6,12H,3,7H2,1-2H3. The van der Waals surface area contributed by atoms with E-state index >= 15 is 0 Å². The normalized spacial score (nSPS) is 10.1. The van der Waals surface area contributed by atoms with Gasteiger partial charge < -0.3 is 10.1 Å². The zero-order valence-corrected chi connectivity index (χ0v) is 7.93. The highest BCUT2D eigenvalue weighted by Gasteiger charge is 2.02. The van der Waals surface area contributed by atoms with E-state index in [-0.39, 0.29) is 5.82 Å². The van der Waals surface area contributed by atoms with Crippen molar-refractivity contribution in [3.8, 4) is 5.75 Å². The molecule has 0 aromatic heterocycles. The van der Waals surface area contributed by atoms with Crippen LogP contribution in [0.15, 0.2) is 18.2 Å². The number of benzene rings is 1. The summed E-state index contributed by atoms with van der Waals surface area (Å²) in [4.78, 5) is 0. The first-order valence-corrected chi connectivity index (χ1v) is 4.33. The van der Waals surface area contributed by atoms with Crippen LogP contribution < -0.4 is 10.1 Å². The fourth-order valence-electron chi connectivity index (χ4n) is 1.12. The molecule has 13 heavy (non-hydrogen) atoms. The molecule has 0 radical (unpaired) electrons. The van der Waals surface area contributed by atoms with E-state index in [0.29, 0.717) is 24.5 Å². The van der Waals surface area contributed by atoms with Gasteiger partial charge in [0.25, 0.3) is 0 Å². The Morgan fingerprint density at radius 1 is 1.46 bits per heavy atom. The first-order chi connectivity index (χ1) is 6.27. The van der Waals surface area contributed by atoms with Gasteiger partial charge in [0.15, 0.2) is 0 Å². The maximum absolute atomic E-state index is 13.2. The Bertz CT molecular complexity index is 276. The van der Waals surface area contributed by atoms with E-state index in [4.69, 9.17) is 4.74 Å². The fourth-order valence-corrected chi connectivity index (χ4v) is 1.12. The number of halogens is 1. The van der Waals surface area contributed by atoms with Gasteiger partial charge in [-0.3, -0.25) is 0 Å². The number of hydrogen-bond acceptors (Lipinski definition) is 2. The van der Waals surface area contributed by atoms with Crippen molar-refractivity contribution in [2.24, 2.45) is 0 Å². The third-order valence-electron chi connectivity index (χ3n) is 1.70. The lowest BCUT2D eigenvalue weighted by molar-refractivity contribution is 0.338. The second-order valence-electron chi connectivity index (χ2n) is 2.72. The van der Waals surface area contributed by atoms with Crippen molar-refractivity contribution in [2.45, 2.75) is 13.5 Å². The largest absolute Gasteiger partial charge is 0.494 e. The van der Waals surface area contributed by atoms with Crippen LogP contribution in [0.1, 0.15) is 12.5 Å². The van der Waals surface area contributed by atoms with E-state index in [1.807, 2.05) is 6.92 Å². The molecular formula is C10H14FNO. The summed E-state index contributed by atoms with van der Waals surface area (Å²) in [5.41, 5.74) is 0.658. The Morgan fingerprint density at radius 3 is 2.77 bits per heavy atom. The van der Waals surface area contributed by atoms with Crippen LogP contribution in [-0.2, 0) is 6.54 Å². The van der Waals surface area contributed by atoms with Crippen LogP contribution in [0.5, 0.6) is 5.75 Å². The third-order valence-corrected chi connectivity index (χ3v) is 1.70. The molecule has 0 fully saturated rings. The van der Waals surface area contributed by atoms with Crippen molar-refractivity contribution in [3.63, 3.8) is 0 Å². The van der Waals surface area contributed by atoms with Gasteiger partial charge in [-0.2, -0.15) is 0 Å². The maximum Gasteiger partial charge on any atom is 0.131 e. The molecule has 0 aliphatic heterocycles. The lowest BCUT2D eigenvalue weighted by Gasteiger charge is -2.05. The minimum atomic E-state index is -0.222. The quantitative estimate of drug-likeness (QED) is 0.770. The predicted molar refractivity (Wildman–Crippen MR) is 50.3 cm³/mol. The Labute approximate surface area is 77.7 Å². The average Bonchev–Trinajstić information content (AvgIpc) is 2.10. The summed E-state index contributed by atoms with van der Waals surface area (Å²) in [6, 6.07) is 4.92. The summed E-state index contributed by atoms with van der Waals surface area (Å²) in [6.45, 7) is 2.97. The molecule has 0 saturated carbocycles. The number of hydrogen-bond donors (Lipinski definition) is 1. The molecule has 2 nitrogen and oxygen atoms in total. The second kappa shape index (κ2) is 4.82. The molecule has 1 aromatic rings. The average molecular weight is 183 g/mol. The van der Waals surface area contributed by atoms with Gasteiger partial charge >= 0.3 is 0 Å². The molecule has 0 saturated heterocycles. The molecule has 1 aromatic carbocycles. The third kappa shape index (κ3) is 2.70. The molecule has 0 bridgehead atoms. The van der Waals surface area contributed by atoms with Crippen LogP contribution >= 0.6 is 0 Å². The van der Waals surface area contributed by atoms with Gasteiger partial charge in [-0.1, -0.05) is 6.07 Å². The van der Waals surface area contributed by atoms with E-state index in [2.05, 4.69) is 5.32 Å². The Balaban J connectivity index is 2.79. The van der Waals surface area contributed by atoms with E-state index in [0.717, 1.165) is 0 Å². The zero-order valence-electron chi connectivity index (χ0n) is 7.93. The second-order valence-corrected chi connectivity index (χ2v) is 2.72. The lowest BCUT2D eigenvalue weighted by Crippen LogP contribution is -2.07. The SMILES string of the molecule is CCOc1ccc(CNC)c(F)c1. The monoisotopic (exact) mass is 183 g/mol. The minimum Gasteiger partial charge on any atom is -0.494 e. The molecule has 0 amide bonds. The van der Waals surface area contributed by atoms with Gasteiger partial charge in [0.1, 0.15) is 11.6 Å². The summed E-state index contributed by atoms with van der Waals surface area (Å²) < 4.78 is 18.4. The molecule has 3 heteroatoms. The van der Waals surface area contributed by atoms with E-state index < -0.39 is 0 Å². The smallest absolute Gasteiger partial charge is 0.131 e. The van der Waals surface area contributed by atoms with E-state index in [1.54, 1.807) is 19.2 Å². The summed E-state index contributed by atoms with van der Waals surface area (Å²) in [5.74, 6) is 0.361. The van der Waals surface area contributed by atoms with Crippen LogP contribution in [0.4, 0.5) is 4.39 Å². The van der Waals surface area contributed by atoms with Gasteiger partial charge in [0.05, 0.1) is 6.61 Å². The topological polar surface area (TPSA) is 21.3 Å². The van der Waals surface area contributed by atoms with Crippen molar-refractivity contribution in [1.82, 2.24) is 5.32 Å². The van der Waals surface area contributed by atoms with Crippen LogP contribution in [0.2, 0.25) is 0 Å². The first kappa shape index (κ1) is 9.99.